The second kappa shape index (κ2) is 10.2. The molecule has 0 aliphatic rings. The second-order valence-corrected chi connectivity index (χ2v) is 8.95. The number of hydrogen-bond acceptors (Lipinski definition) is 5. The van der Waals surface area contributed by atoms with Gasteiger partial charge in [-0.2, -0.15) is 0 Å². The average Bonchev–Trinajstić information content (AvgIpc) is 2.69. The standard InChI is InChI=1S/C21H27N3O5S/c1-4-19(21(25)22-14-8-11-17-9-6-5-7-10-17)23(30(3,28)29)20-15-18(24(26)27)13-12-16(20)2/h5-7,9-10,12-13,15,19H,4,8,11,14H2,1-3H3,(H,22,25)/t19-/m1/s1. The molecule has 0 aliphatic carbocycles. The lowest BCUT2D eigenvalue weighted by molar-refractivity contribution is -0.384. The van der Waals surface area contributed by atoms with Crippen molar-refractivity contribution in [2.45, 2.75) is 39.2 Å². The summed E-state index contributed by atoms with van der Waals surface area (Å²) in [6.07, 6.45) is 2.72. The molecule has 0 radical (unpaired) electrons. The fourth-order valence-corrected chi connectivity index (χ4v) is 4.51. The summed E-state index contributed by atoms with van der Waals surface area (Å²) in [6.45, 7) is 3.76. The summed E-state index contributed by atoms with van der Waals surface area (Å²) in [5.41, 5.74) is 1.59. The summed E-state index contributed by atoms with van der Waals surface area (Å²) in [5.74, 6) is -0.429. The number of nitrogens with zero attached hydrogens (tertiary/aromatic N) is 2. The van der Waals surface area contributed by atoms with E-state index in [2.05, 4.69) is 5.32 Å². The van der Waals surface area contributed by atoms with Crippen molar-refractivity contribution in [2.75, 3.05) is 17.1 Å². The van der Waals surface area contributed by atoms with E-state index < -0.39 is 26.9 Å². The molecule has 0 heterocycles. The van der Waals surface area contributed by atoms with Crippen LogP contribution >= 0.6 is 0 Å². The van der Waals surface area contributed by atoms with E-state index in [9.17, 15) is 23.3 Å². The zero-order chi connectivity index (χ0) is 22.3. The number of anilines is 1. The van der Waals surface area contributed by atoms with Crippen molar-refractivity contribution in [1.82, 2.24) is 5.32 Å². The van der Waals surface area contributed by atoms with Crippen molar-refractivity contribution < 1.29 is 18.1 Å². The molecule has 2 aromatic rings. The fraction of sp³-hybridized carbons (Fsp3) is 0.381. The number of benzene rings is 2. The molecule has 1 amide bonds. The lowest BCUT2D eigenvalue weighted by Gasteiger charge is -2.31. The maximum Gasteiger partial charge on any atom is 0.271 e. The van der Waals surface area contributed by atoms with E-state index in [1.54, 1.807) is 13.8 Å². The Labute approximate surface area is 177 Å². The maximum atomic E-state index is 12.8. The molecular formula is C21H27N3O5S. The molecule has 0 spiro atoms. The summed E-state index contributed by atoms with van der Waals surface area (Å²) in [7, 11) is -3.86. The lowest BCUT2D eigenvalue weighted by Crippen LogP contribution is -2.49. The summed E-state index contributed by atoms with van der Waals surface area (Å²) >= 11 is 0. The molecule has 0 saturated heterocycles. The Morgan fingerprint density at radius 2 is 1.87 bits per heavy atom. The highest BCUT2D eigenvalue weighted by molar-refractivity contribution is 7.92. The van der Waals surface area contributed by atoms with Crippen molar-refractivity contribution in [1.29, 1.82) is 0 Å². The van der Waals surface area contributed by atoms with Gasteiger partial charge >= 0.3 is 0 Å². The van der Waals surface area contributed by atoms with E-state index in [4.69, 9.17) is 0 Å². The van der Waals surface area contributed by atoms with Crippen LogP contribution < -0.4 is 9.62 Å². The smallest absolute Gasteiger partial charge is 0.271 e. The SMILES string of the molecule is CC[C@H](C(=O)NCCCc1ccccc1)N(c1cc([N+](=O)[O-])ccc1C)S(C)(=O)=O. The summed E-state index contributed by atoms with van der Waals surface area (Å²) in [6, 6.07) is 12.8. The predicted molar refractivity (Wildman–Crippen MR) is 117 cm³/mol. The molecule has 30 heavy (non-hydrogen) atoms. The molecule has 8 nitrogen and oxygen atoms in total. The molecule has 0 aliphatic heterocycles. The Hall–Kier alpha value is -2.94. The second-order valence-electron chi connectivity index (χ2n) is 7.09. The van der Waals surface area contributed by atoms with E-state index in [0.29, 0.717) is 18.5 Å². The third kappa shape index (κ3) is 6.03. The van der Waals surface area contributed by atoms with Crippen LogP contribution in [-0.2, 0) is 21.2 Å². The van der Waals surface area contributed by atoms with Gasteiger partial charge in [0.25, 0.3) is 5.69 Å². The van der Waals surface area contributed by atoms with E-state index >= 15 is 0 Å². The molecule has 0 fully saturated rings. The van der Waals surface area contributed by atoms with Crippen molar-refractivity contribution >= 4 is 27.3 Å². The number of sulfonamides is 1. The molecule has 0 bridgehead atoms. The molecule has 0 saturated carbocycles. The molecule has 0 unspecified atom stereocenters. The number of rotatable bonds is 10. The molecular weight excluding hydrogens is 406 g/mol. The van der Waals surface area contributed by atoms with Crippen LogP contribution in [0.3, 0.4) is 0 Å². The van der Waals surface area contributed by atoms with Crippen LogP contribution in [0, 0.1) is 17.0 Å². The number of carbonyl (C=O) groups excluding carboxylic acids is 1. The van der Waals surface area contributed by atoms with Gasteiger partial charge in [-0.05, 0) is 37.3 Å². The number of carbonyl (C=O) groups is 1. The van der Waals surface area contributed by atoms with E-state index in [0.717, 1.165) is 22.5 Å². The molecule has 0 aromatic heterocycles. The van der Waals surface area contributed by atoms with E-state index in [1.165, 1.54) is 18.2 Å². The van der Waals surface area contributed by atoms with E-state index in [-0.39, 0.29) is 17.8 Å². The number of nitro benzene ring substituents is 1. The summed E-state index contributed by atoms with van der Waals surface area (Å²) in [5, 5.41) is 14.0. The minimum absolute atomic E-state index is 0.137. The van der Waals surface area contributed by atoms with Crippen molar-refractivity contribution in [2.24, 2.45) is 0 Å². The first kappa shape index (κ1) is 23.3. The predicted octanol–water partition coefficient (Wildman–Crippen LogP) is 3.20. The van der Waals surface area contributed by atoms with Gasteiger partial charge in [0.15, 0.2) is 0 Å². The van der Waals surface area contributed by atoms with Crippen LogP contribution in [0.25, 0.3) is 0 Å². The topological polar surface area (TPSA) is 110 Å². The first-order valence-corrected chi connectivity index (χ1v) is 11.6. The Balaban J connectivity index is 2.19. The van der Waals surface area contributed by atoms with Gasteiger partial charge in [-0.3, -0.25) is 19.2 Å². The number of nitrogens with one attached hydrogen (secondary N) is 1. The highest BCUT2D eigenvalue weighted by atomic mass is 32.2. The van der Waals surface area contributed by atoms with Gasteiger partial charge in [0, 0.05) is 18.7 Å². The molecule has 1 atom stereocenters. The maximum absolute atomic E-state index is 12.8. The Bertz CT molecular complexity index is 993. The highest BCUT2D eigenvalue weighted by Crippen LogP contribution is 2.30. The summed E-state index contributed by atoms with van der Waals surface area (Å²) in [4.78, 5) is 23.4. The minimum atomic E-state index is -3.86. The van der Waals surface area contributed by atoms with Gasteiger partial charge in [0.2, 0.25) is 15.9 Å². The number of non-ortho nitro benzene ring substituents is 1. The number of amides is 1. The molecule has 2 aromatic carbocycles. The Morgan fingerprint density at radius 1 is 1.20 bits per heavy atom. The van der Waals surface area contributed by atoms with Crippen molar-refractivity contribution in [3.63, 3.8) is 0 Å². The Morgan fingerprint density at radius 3 is 2.43 bits per heavy atom. The average molecular weight is 434 g/mol. The van der Waals surface area contributed by atoms with Crippen LogP contribution in [-0.4, -0.2) is 38.1 Å². The number of hydrogen-bond donors (Lipinski definition) is 1. The number of aryl methyl sites for hydroxylation is 2. The monoisotopic (exact) mass is 433 g/mol. The molecule has 2 rings (SSSR count). The highest BCUT2D eigenvalue weighted by Gasteiger charge is 2.33. The quantitative estimate of drug-likeness (QED) is 0.351. The van der Waals surface area contributed by atoms with Crippen LogP contribution in [0.5, 0.6) is 0 Å². The summed E-state index contributed by atoms with van der Waals surface area (Å²) < 4.78 is 26.1. The van der Waals surface area contributed by atoms with Crippen LogP contribution in [0.4, 0.5) is 11.4 Å². The van der Waals surface area contributed by atoms with Gasteiger partial charge in [-0.25, -0.2) is 8.42 Å². The largest absolute Gasteiger partial charge is 0.354 e. The van der Waals surface area contributed by atoms with E-state index in [1.807, 2.05) is 30.3 Å². The third-order valence-electron chi connectivity index (χ3n) is 4.75. The molecule has 162 valence electrons. The normalized spacial score (nSPS) is 12.2. The van der Waals surface area contributed by atoms with Gasteiger partial charge in [-0.15, -0.1) is 0 Å². The van der Waals surface area contributed by atoms with Gasteiger partial charge < -0.3 is 5.32 Å². The zero-order valence-electron chi connectivity index (χ0n) is 17.4. The first-order valence-electron chi connectivity index (χ1n) is 9.71. The molecule has 9 heteroatoms. The van der Waals surface area contributed by atoms with Gasteiger partial charge in [0.05, 0.1) is 16.9 Å². The van der Waals surface area contributed by atoms with Gasteiger partial charge in [0.1, 0.15) is 6.04 Å². The number of nitro groups is 1. The van der Waals surface area contributed by atoms with Crippen LogP contribution in [0.1, 0.15) is 30.9 Å². The third-order valence-corrected chi connectivity index (χ3v) is 5.92. The van der Waals surface area contributed by atoms with Crippen LogP contribution in [0.2, 0.25) is 0 Å². The van der Waals surface area contributed by atoms with Crippen molar-refractivity contribution in [3.8, 4) is 0 Å². The molecule has 1 N–H and O–H groups in total. The van der Waals surface area contributed by atoms with Gasteiger partial charge in [-0.1, -0.05) is 43.3 Å². The lowest BCUT2D eigenvalue weighted by atomic mass is 10.1. The Kier molecular flexibility index (Phi) is 7.93. The fourth-order valence-electron chi connectivity index (χ4n) is 3.25. The first-order chi connectivity index (χ1) is 14.1. The zero-order valence-corrected chi connectivity index (χ0v) is 18.2. The minimum Gasteiger partial charge on any atom is -0.354 e. The van der Waals surface area contributed by atoms with Crippen LogP contribution in [0.15, 0.2) is 48.5 Å². The van der Waals surface area contributed by atoms with Crippen molar-refractivity contribution in [3.05, 3.63) is 69.8 Å².